The molecule has 72 valence electrons. The fourth-order valence-corrected chi connectivity index (χ4v) is 1.51. The number of pyridine rings is 1. The van der Waals surface area contributed by atoms with E-state index in [2.05, 4.69) is 15.2 Å². The van der Waals surface area contributed by atoms with E-state index in [1.165, 1.54) is 13.1 Å². The Hall–Kier alpha value is -1.91. The lowest BCUT2D eigenvalue weighted by molar-refractivity contribution is 0.101. The van der Waals surface area contributed by atoms with E-state index in [0.29, 0.717) is 22.2 Å². The number of aromatic nitrogens is 3. The number of fused-ring (bicyclic) bond motifs is 1. The molecule has 0 radical (unpaired) electrons. The van der Waals surface area contributed by atoms with E-state index >= 15 is 0 Å². The highest BCUT2D eigenvalue weighted by Gasteiger charge is 2.11. The van der Waals surface area contributed by atoms with E-state index < -0.39 is 0 Å². The molecule has 2 heterocycles. The summed E-state index contributed by atoms with van der Waals surface area (Å²) in [6, 6.07) is 0. The largest absolute Gasteiger partial charge is 0.294 e. The van der Waals surface area contributed by atoms with Gasteiger partial charge in [0.2, 0.25) is 0 Å². The van der Waals surface area contributed by atoms with Crippen LogP contribution in [0.4, 0.5) is 0 Å². The predicted molar refractivity (Wildman–Crippen MR) is 51.5 cm³/mol. The Kier molecular flexibility index (Phi) is 1.73. The summed E-state index contributed by atoms with van der Waals surface area (Å²) in [6.45, 7) is 3.19. The highest BCUT2D eigenvalue weighted by atomic mass is 16.1. The molecule has 14 heavy (non-hydrogen) atoms. The smallest absolute Gasteiger partial charge is 0.273 e. The first kappa shape index (κ1) is 8.68. The first-order chi connectivity index (χ1) is 6.61. The summed E-state index contributed by atoms with van der Waals surface area (Å²) in [5, 5.41) is 5.52. The molecule has 0 aliphatic heterocycles. The molecular weight excluding hydrogens is 182 g/mol. The van der Waals surface area contributed by atoms with Gasteiger partial charge in [0.15, 0.2) is 11.4 Å². The van der Waals surface area contributed by atoms with Gasteiger partial charge >= 0.3 is 0 Å². The summed E-state index contributed by atoms with van der Waals surface area (Å²) < 4.78 is 0. The number of nitrogens with one attached hydrogen (secondary N) is 2. The molecule has 0 amide bonds. The Balaban J connectivity index is 2.93. The Morgan fingerprint density at radius 1 is 1.43 bits per heavy atom. The molecule has 0 aliphatic rings. The fourth-order valence-electron chi connectivity index (χ4n) is 1.51. The molecule has 5 heteroatoms. The standard InChI is InChI=1S/C9H9N3O2/c1-4-6(5(2)13)3-10-8-7(4)9(14)12-11-8/h3H,1-2H3,(H2,10,11,12,14). The Morgan fingerprint density at radius 2 is 2.14 bits per heavy atom. The van der Waals surface area contributed by atoms with Crippen molar-refractivity contribution in [2.24, 2.45) is 0 Å². The Labute approximate surface area is 79.1 Å². The highest BCUT2D eigenvalue weighted by molar-refractivity contribution is 5.99. The molecule has 0 spiro atoms. The fraction of sp³-hybridized carbons (Fsp3) is 0.222. The summed E-state index contributed by atoms with van der Waals surface area (Å²) >= 11 is 0. The average Bonchev–Trinajstić information content (AvgIpc) is 2.48. The Bertz CT molecular complexity index is 565. The van der Waals surface area contributed by atoms with E-state index in [1.807, 2.05) is 0 Å². The van der Waals surface area contributed by atoms with Crippen LogP contribution in [0, 0.1) is 6.92 Å². The molecule has 0 atom stereocenters. The number of rotatable bonds is 1. The zero-order chi connectivity index (χ0) is 10.3. The quantitative estimate of drug-likeness (QED) is 0.653. The van der Waals surface area contributed by atoms with Gasteiger partial charge in [0, 0.05) is 11.8 Å². The van der Waals surface area contributed by atoms with Crippen molar-refractivity contribution in [2.75, 3.05) is 0 Å². The molecule has 2 aromatic heterocycles. The molecule has 2 rings (SSSR count). The first-order valence-corrected chi connectivity index (χ1v) is 4.18. The third kappa shape index (κ3) is 1.06. The molecule has 2 aromatic rings. The molecule has 0 fully saturated rings. The molecule has 0 unspecified atom stereocenters. The van der Waals surface area contributed by atoms with Crippen LogP contribution in [0.15, 0.2) is 11.0 Å². The van der Waals surface area contributed by atoms with Crippen molar-refractivity contribution in [2.45, 2.75) is 13.8 Å². The average molecular weight is 191 g/mol. The van der Waals surface area contributed by atoms with Gasteiger partial charge in [0.05, 0.1) is 5.39 Å². The van der Waals surface area contributed by atoms with Crippen molar-refractivity contribution in [3.63, 3.8) is 0 Å². The molecule has 0 bridgehead atoms. The first-order valence-electron chi connectivity index (χ1n) is 4.18. The summed E-state index contributed by atoms with van der Waals surface area (Å²) in [7, 11) is 0. The summed E-state index contributed by atoms with van der Waals surface area (Å²) in [4.78, 5) is 26.5. The van der Waals surface area contributed by atoms with Crippen LogP contribution in [0.3, 0.4) is 0 Å². The molecule has 0 aliphatic carbocycles. The van der Waals surface area contributed by atoms with Gasteiger partial charge in [0.25, 0.3) is 5.56 Å². The number of hydrogen-bond donors (Lipinski definition) is 2. The van der Waals surface area contributed by atoms with Gasteiger partial charge in [-0.1, -0.05) is 0 Å². The predicted octanol–water partition coefficient (Wildman–Crippen LogP) is 0.762. The maximum Gasteiger partial charge on any atom is 0.273 e. The summed E-state index contributed by atoms with van der Waals surface area (Å²) in [5.74, 6) is -0.0856. The van der Waals surface area contributed by atoms with Crippen molar-refractivity contribution in [3.05, 3.63) is 27.7 Å². The van der Waals surface area contributed by atoms with Gasteiger partial charge in [-0.2, -0.15) is 0 Å². The van der Waals surface area contributed by atoms with Crippen molar-refractivity contribution in [1.82, 2.24) is 15.2 Å². The van der Waals surface area contributed by atoms with E-state index in [-0.39, 0.29) is 11.3 Å². The maximum atomic E-state index is 11.3. The second kappa shape index (κ2) is 2.80. The molecular formula is C9H9N3O2. The number of nitrogens with zero attached hydrogens (tertiary/aromatic N) is 1. The third-order valence-corrected chi connectivity index (χ3v) is 2.24. The zero-order valence-electron chi connectivity index (χ0n) is 7.84. The maximum absolute atomic E-state index is 11.3. The van der Waals surface area contributed by atoms with Crippen LogP contribution < -0.4 is 5.56 Å². The van der Waals surface area contributed by atoms with Crippen LogP contribution in [0.25, 0.3) is 11.0 Å². The van der Waals surface area contributed by atoms with Crippen molar-refractivity contribution in [1.29, 1.82) is 0 Å². The number of carbonyl (C=O) groups excluding carboxylic acids is 1. The third-order valence-electron chi connectivity index (χ3n) is 2.24. The van der Waals surface area contributed by atoms with Gasteiger partial charge in [-0.05, 0) is 19.4 Å². The minimum atomic E-state index is -0.242. The van der Waals surface area contributed by atoms with Gasteiger partial charge in [0.1, 0.15) is 0 Å². The van der Waals surface area contributed by atoms with E-state index in [9.17, 15) is 9.59 Å². The lowest BCUT2D eigenvalue weighted by atomic mass is 10.1. The van der Waals surface area contributed by atoms with E-state index in [0.717, 1.165) is 0 Å². The van der Waals surface area contributed by atoms with Crippen LogP contribution in [-0.2, 0) is 0 Å². The lowest BCUT2D eigenvalue weighted by Gasteiger charge is -2.00. The van der Waals surface area contributed by atoms with E-state index in [1.54, 1.807) is 6.92 Å². The van der Waals surface area contributed by atoms with Gasteiger partial charge in [-0.3, -0.25) is 19.8 Å². The Morgan fingerprint density at radius 3 is 2.79 bits per heavy atom. The second-order valence-electron chi connectivity index (χ2n) is 3.16. The number of hydrogen-bond acceptors (Lipinski definition) is 3. The second-order valence-corrected chi connectivity index (χ2v) is 3.16. The number of aryl methyl sites for hydroxylation is 1. The van der Waals surface area contributed by atoms with Crippen molar-refractivity contribution < 1.29 is 4.79 Å². The molecule has 0 saturated heterocycles. The zero-order valence-corrected chi connectivity index (χ0v) is 7.84. The normalized spacial score (nSPS) is 10.7. The van der Waals surface area contributed by atoms with Crippen molar-refractivity contribution >= 4 is 16.8 Å². The molecule has 2 N–H and O–H groups in total. The molecule has 5 nitrogen and oxygen atoms in total. The number of H-pyrrole nitrogens is 2. The molecule has 0 saturated carbocycles. The number of ketones is 1. The van der Waals surface area contributed by atoms with Crippen LogP contribution >= 0.6 is 0 Å². The minimum Gasteiger partial charge on any atom is -0.294 e. The summed E-state index contributed by atoms with van der Waals surface area (Å²) in [5.41, 5.74) is 1.40. The highest BCUT2D eigenvalue weighted by Crippen LogP contribution is 2.14. The SMILES string of the molecule is CC(=O)c1cnc2[nH][nH]c(=O)c2c1C. The van der Waals surface area contributed by atoms with Crippen LogP contribution in [-0.4, -0.2) is 21.0 Å². The minimum absolute atomic E-state index is 0.0856. The summed E-state index contributed by atoms with van der Waals surface area (Å²) in [6.07, 6.45) is 1.48. The van der Waals surface area contributed by atoms with Gasteiger partial charge in [-0.25, -0.2) is 4.98 Å². The van der Waals surface area contributed by atoms with Gasteiger partial charge < -0.3 is 0 Å². The van der Waals surface area contributed by atoms with Crippen LogP contribution in [0.5, 0.6) is 0 Å². The van der Waals surface area contributed by atoms with Crippen molar-refractivity contribution in [3.8, 4) is 0 Å². The van der Waals surface area contributed by atoms with Crippen LogP contribution in [0.2, 0.25) is 0 Å². The topological polar surface area (TPSA) is 78.6 Å². The molecule has 0 aromatic carbocycles. The number of carbonyl (C=O) groups is 1. The number of aromatic amines is 2. The number of Topliss-reactive ketones (excluding diaryl/α,β-unsaturated/α-hetero) is 1. The lowest BCUT2D eigenvalue weighted by Crippen LogP contribution is -2.04. The van der Waals surface area contributed by atoms with E-state index in [4.69, 9.17) is 0 Å². The van der Waals surface area contributed by atoms with Gasteiger partial charge in [-0.15, -0.1) is 0 Å². The van der Waals surface area contributed by atoms with Crippen LogP contribution in [0.1, 0.15) is 22.8 Å². The monoisotopic (exact) mass is 191 g/mol.